The standard InChI is InChI=1S/C15H16O.C12H10O/c1-15(2,12-6-4-3-5-7-12)13-8-10-14(16)11-9-13;13-12-8-6-11(7-9-12)10-4-2-1-3-5-10/h3-11,16H,1-2H3;1-9,13H. The average Bonchev–Trinajstić information content (AvgIpc) is 2.76. The molecule has 0 saturated heterocycles. The highest BCUT2D eigenvalue weighted by molar-refractivity contribution is 5.63. The lowest BCUT2D eigenvalue weighted by atomic mass is 9.78. The van der Waals surface area contributed by atoms with Gasteiger partial charge >= 0.3 is 0 Å². The van der Waals surface area contributed by atoms with Gasteiger partial charge in [-0.15, -0.1) is 0 Å². The molecule has 2 nitrogen and oxygen atoms in total. The summed E-state index contributed by atoms with van der Waals surface area (Å²) >= 11 is 0. The van der Waals surface area contributed by atoms with E-state index < -0.39 is 0 Å². The minimum absolute atomic E-state index is 0.0328. The molecule has 0 fully saturated rings. The number of hydrogen-bond donors (Lipinski definition) is 2. The fraction of sp³-hybridized carbons (Fsp3) is 0.111. The molecule has 0 spiro atoms. The van der Waals surface area contributed by atoms with Crippen molar-refractivity contribution in [2.24, 2.45) is 0 Å². The van der Waals surface area contributed by atoms with E-state index in [1.165, 1.54) is 16.7 Å². The zero-order valence-electron chi connectivity index (χ0n) is 16.8. The topological polar surface area (TPSA) is 40.5 Å². The van der Waals surface area contributed by atoms with E-state index in [4.69, 9.17) is 5.11 Å². The van der Waals surface area contributed by atoms with E-state index in [0.717, 1.165) is 5.56 Å². The van der Waals surface area contributed by atoms with Crippen LogP contribution in [0.3, 0.4) is 0 Å². The number of hydrogen-bond acceptors (Lipinski definition) is 2. The van der Waals surface area contributed by atoms with E-state index in [1.807, 2.05) is 60.7 Å². The molecule has 0 heterocycles. The van der Waals surface area contributed by atoms with Gasteiger partial charge in [0, 0.05) is 5.41 Å². The molecule has 29 heavy (non-hydrogen) atoms. The summed E-state index contributed by atoms with van der Waals surface area (Å²) in [5.74, 6) is 0.618. The molecule has 0 unspecified atom stereocenters. The summed E-state index contributed by atoms with van der Waals surface area (Å²) < 4.78 is 0. The highest BCUT2D eigenvalue weighted by Crippen LogP contribution is 2.31. The summed E-state index contributed by atoms with van der Waals surface area (Å²) in [4.78, 5) is 0. The van der Waals surface area contributed by atoms with Gasteiger partial charge in [-0.1, -0.05) is 98.8 Å². The van der Waals surface area contributed by atoms with E-state index in [9.17, 15) is 5.11 Å². The van der Waals surface area contributed by atoms with Crippen molar-refractivity contribution in [2.45, 2.75) is 19.3 Å². The zero-order valence-corrected chi connectivity index (χ0v) is 16.8. The van der Waals surface area contributed by atoms with Crippen LogP contribution in [0, 0.1) is 0 Å². The molecule has 4 rings (SSSR count). The fourth-order valence-corrected chi connectivity index (χ4v) is 3.18. The van der Waals surface area contributed by atoms with Crippen LogP contribution in [-0.2, 0) is 5.41 Å². The van der Waals surface area contributed by atoms with Crippen molar-refractivity contribution < 1.29 is 10.2 Å². The Morgan fingerprint density at radius 1 is 0.448 bits per heavy atom. The maximum atomic E-state index is 9.29. The zero-order chi connectivity index (χ0) is 20.7. The van der Waals surface area contributed by atoms with E-state index >= 15 is 0 Å². The lowest BCUT2D eigenvalue weighted by Gasteiger charge is -2.26. The largest absolute Gasteiger partial charge is 0.508 e. The Bertz CT molecular complexity index is 1000. The Hall–Kier alpha value is -3.52. The number of benzene rings is 4. The van der Waals surface area contributed by atoms with Gasteiger partial charge in [-0.2, -0.15) is 0 Å². The van der Waals surface area contributed by atoms with Gasteiger partial charge in [-0.25, -0.2) is 0 Å². The molecule has 0 saturated carbocycles. The van der Waals surface area contributed by atoms with Crippen molar-refractivity contribution in [3.05, 3.63) is 120 Å². The summed E-state index contributed by atoms with van der Waals surface area (Å²) in [5, 5.41) is 18.4. The Labute approximate surface area is 172 Å². The van der Waals surface area contributed by atoms with E-state index in [1.54, 1.807) is 24.3 Å². The third-order valence-corrected chi connectivity index (χ3v) is 5.06. The van der Waals surface area contributed by atoms with Crippen molar-refractivity contribution in [3.63, 3.8) is 0 Å². The molecule has 0 aliphatic carbocycles. The first-order chi connectivity index (χ1) is 14.0. The molecule has 0 aliphatic heterocycles. The van der Waals surface area contributed by atoms with Crippen molar-refractivity contribution in [1.82, 2.24) is 0 Å². The van der Waals surface area contributed by atoms with Crippen molar-refractivity contribution in [3.8, 4) is 22.6 Å². The van der Waals surface area contributed by atoms with Gasteiger partial charge in [-0.05, 0) is 46.5 Å². The Kier molecular flexibility index (Phi) is 6.36. The van der Waals surface area contributed by atoms with Gasteiger partial charge in [0.1, 0.15) is 11.5 Å². The van der Waals surface area contributed by atoms with Crippen LogP contribution in [0.25, 0.3) is 11.1 Å². The van der Waals surface area contributed by atoms with Crippen LogP contribution >= 0.6 is 0 Å². The summed E-state index contributed by atoms with van der Waals surface area (Å²) in [6.45, 7) is 4.38. The Balaban J connectivity index is 0.000000169. The van der Waals surface area contributed by atoms with Gasteiger partial charge in [0.15, 0.2) is 0 Å². The molecule has 0 amide bonds. The molecule has 0 aromatic heterocycles. The predicted octanol–water partition coefficient (Wildman–Crippen LogP) is 6.78. The average molecular weight is 383 g/mol. The fourth-order valence-electron chi connectivity index (χ4n) is 3.18. The molecule has 2 N–H and O–H groups in total. The molecule has 0 radical (unpaired) electrons. The van der Waals surface area contributed by atoms with Crippen molar-refractivity contribution in [1.29, 1.82) is 0 Å². The Morgan fingerprint density at radius 3 is 1.34 bits per heavy atom. The quantitative estimate of drug-likeness (QED) is 0.410. The molecule has 2 heteroatoms. The smallest absolute Gasteiger partial charge is 0.115 e. The third kappa shape index (κ3) is 5.26. The number of phenolic OH excluding ortho intramolecular Hbond substituents is 2. The summed E-state index contributed by atoms with van der Waals surface area (Å²) in [6, 6.07) is 35.1. The molecule has 4 aromatic carbocycles. The van der Waals surface area contributed by atoms with Crippen LogP contribution in [0.4, 0.5) is 0 Å². The molecule has 0 bridgehead atoms. The molecule has 4 aromatic rings. The predicted molar refractivity (Wildman–Crippen MR) is 120 cm³/mol. The maximum absolute atomic E-state index is 9.29. The van der Waals surface area contributed by atoms with Crippen LogP contribution in [0.15, 0.2) is 109 Å². The van der Waals surface area contributed by atoms with Gasteiger partial charge in [0.05, 0.1) is 0 Å². The molecular weight excluding hydrogens is 356 g/mol. The normalized spacial score (nSPS) is 10.7. The second kappa shape index (κ2) is 9.11. The Morgan fingerprint density at radius 2 is 0.828 bits per heavy atom. The number of phenols is 2. The van der Waals surface area contributed by atoms with Crippen LogP contribution in [-0.4, -0.2) is 10.2 Å². The maximum Gasteiger partial charge on any atom is 0.115 e. The lowest BCUT2D eigenvalue weighted by molar-refractivity contribution is 0.474. The summed E-state index contributed by atoms with van der Waals surface area (Å²) in [7, 11) is 0. The monoisotopic (exact) mass is 382 g/mol. The highest BCUT2D eigenvalue weighted by atomic mass is 16.3. The second-order valence-corrected chi connectivity index (χ2v) is 7.45. The number of aromatic hydroxyl groups is 2. The SMILES string of the molecule is CC(C)(c1ccccc1)c1ccc(O)cc1.Oc1ccc(-c2ccccc2)cc1. The molecular formula is C27H26O2. The minimum atomic E-state index is -0.0328. The van der Waals surface area contributed by atoms with Crippen LogP contribution < -0.4 is 0 Å². The lowest BCUT2D eigenvalue weighted by Crippen LogP contribution is -2.18. The molecule has 146 valence electrons. The second-order valence-electron chi connectivity index (χ2n) is 7.45. The summed E-state index contributed by atoms with van der Waals surface area (Å²) in [5.41, 5.74) is 4.74. The summed E-state index contributed by atoms with van der Waals surface area (Å²) in [6.07, 6.45) is 0. The highest BCUT2D eigenvalue weighted by Gasteiger charge is 2.22. The van der Waals surface area contributed by atoms with E-state index in [0.29, 0.717) is 11.5 Å². The van der Waals surface area contributed by atoms with Crippen molar-refractivity contribution >= 4 is 0 Å². The number of rotatable bonds is 3. The van der Waals surface area contributed by atoms with Crippen molar-refractivity contribution in [2.75, 3.05) is 0 Å². The van der Waals surface area contributed by atoms with Gasteiger partial charge in [-0.3, -0.25) is 0 Å². The van der Waals surface area contributed by atoms with Crippen LogP contribution in [0.2, 0.25) is 0 Å². The first-order valence-electron chi connectivity index (χ1n) is 9.66. The van der Waals surface area contributed by atoms with E-state index in [-0.39, 0.29) is 5.41 Å². The minimum Gasteiger partial charge on any atom is -0.508 e. The van der Waals surface area contributed by atoms with Gasteiger partial charge in [0.2, 0.25) is 0 Å². The van der Waals surface area contributed by atoms with Gasteiger partial charge < -0.3 is 10.2 Å². The molecule has 0 atom stereocenters. The van der Waals surface area contributed by atoms with Crippen LogP contribution in [0.5, 0.6) is 11.5 Å². The van der Waals surface area contributed by atoms with E-state index in [2.05, 4.69) is 38.1 Å². The van der Waals surface area contributed by atoms with Gasteiger partial charge in [0.25, 0.3) is 0 Å². The first-order valence-corrected chi connectivity index (χ1v) is 9.66. The molecule has 0 aliphatic rings. The third-order valence-electron chi connectivity index (χ3n) is 5.06. The van der Waals surface area contributed by atoms with Crippen LogP contribution in [0.1, 0.15) is 25.0 Å². The first kappa shape index (κ1) is 20.2.